The number of hydrogen-bond donors (Lipinski definition) is 2. The number of thiol groups is 2. The summed E-state index contributed by atoms with van der Waals surface area (Å²) in [6.07, 6.45) is 3.40. The first-order valence-electron chi connectivity index (χ1n) is 4.13. The van der Waals surface area contributed by atoms with Gasteiger partial charge in [-0.2, -0.15) is 12.6 Å². The van der Waals surface area contributed by atoms with Gasteiger partial charge in [0, 0.05) is 11.1 Å². The average molecular weight is 292 g/mol. The van der Waals surface area contributed by atoms with Gasteiger partial charge in [0.2, 0.25) is 0 Å². The third-order valence-corrected chi connectivity index (χ3v) is 2.94. The summed E-state index contributed by atoms with van der Waals surface area (Å²) in [6, 6.07) is 0. The Morgan fingerprint density at radius 1 is 1.50 bits per heavy atom. The Balaban J connectivity index is 0.000000222. The molecule has 0 amide bonds. The Morgan fingerprint density at radius 2 is 2.19 bits per heavy atom. The summed E-state index contributed by atoms with van der Waals surface area (Å²) in [6.45, 7) is 5.34. The summed E-state index contributed by atoms with van der Waals surface area (Å²) in [5, 5.41) is 9.70. The van der Waals surface area contributed by atoms with Crippen LogP contribution in [0.1, 0.15) is 4.88 Å². The van der Waals surface area contributed by atoms with Gasteiger partial charge in [0.25, 0.3) is 0 Å². The fraction of sp³-hybridized carbons (Fsp3) is 0.250. The lowest BCUT2D eigenvalue weighted by molar-refractivity contribution is 1.02. The van der Waals surface area contributed by atoms with E-state index in [4.69, 9.17) is 0 Å². The summed E-state index contributed by atoms with van der Waals surface area (Å²) < 4.78 is 7.15. The van der Waals surface area contributed by atoms with Crippen LogP contribution in [0.25, 0.3) is 0 Å². The zero-order valence-corrected chi connectivity index (χ0v) is 12.1. The van der Waals surface area contributed by atoms with E-state index < -0.39 is 0 Å². The Bertz CT molecular complexity index is 326. The van der Waals surface area contributed by atoms with Crippen molar-refractivity contribution in [3.63, 3.8) is 0 Å². The highest BCUT2D eigenvalue weighted by molar-refractivity contribution is 7.80. The zero-order chi connectivity index (χ0) is 12.2. The maximum Gasteiger partial charge on any atom is 0.131 e. The molecule has 2 aromatic heterocycles. The minimum Gasteiger partial charge on any atom is -0.175 e. The van der Waals surface area contributed by atoms with E-state index in [1.807, 2.05) is 12.3 Å². The van der Waals surface area contributed by atoms with Crippen LogP contribution >= 0.6 is 48.3 Å². The summed E-state index contributed by atoms with van der Waals surface area (Å²) in [5.74, 6) is 0.778. The largest absolute Gasteiger partial charge is 0.175 e. The van der Waals surface area contributed by atoms with Gasteiger partial charge in [0.1, 0.15) is 5.03 Å². The lowest BCUT2D eigenvalue weighted by Crippen LogP contribution is -1.64. The first-order chi connectivity index (χ1) is 7.72. The van der Waals surface area contributed by atoms with Gasteiger partial charge in [-0.15, -0.1) is 29.4 Å². The predicted octanol–water partition coefficient (Wildman–Crippen LogP) is 2.78. The molecule has 0 radical (unpaired) electrons. The summed E-state index contributed by atoms with van der Waals surface area (Å²) in [4.78, 5) is 1.07. The van der Waals surface area contributed by atoms with Crippen LogP contribution in [0.2, 0.25) is 0 Å². The van der Waals surface area contributed by atoms with Crippen molar-refractivity contribution in [3.05, 3.63) is 29.1 Å². The van der Waals surface area contributed by atoms with Gasteiger partial charge < -0.3 is 0 Å². The Kier molecular flexibility index (Phi) is 10.8. The van der Waals surface area contributed by atoms with E-state index in [2.05, 4.69) is 51.0 Å². The average Bonchev–Trinajstić information content (AvgIpc) is 2.96. The van der Waals surface area contributed by atoms with Crippen LogP contribution in [-0.2, 0) is 0 Å². The van der Waals surface area contributed by atoms with E-state index in [0.717, 1.165) is 15.7 Å². The molecule has 0 aliphatic heterocycles. The van der Waals surface area contributed by atoms with Crippen LogP contribution in [0.4, 0.5) is 0 Å². The van der Waals surface area contributed by atoms with Crippen molar-refractivity contribution in [2.45, 2.75) is 11.9 Å². The topological polar surface area (TPSA) is 51.6 Å². The second-order valence-electron chi connectivity index (χ2n) is 2.21. The minimum absolute atomic E-state index is 0.741. The molecule has 16 heavy (non-hydrogen) atoms. The second kappa shape index (κ2) is 11.1. The van der Waals surface area contributed by atoms with E-state index >= 15 is 0 Å². The molecule has 0 aromatic carbocycles. The molecule has 2 aromatic rings. The molecule has 8 heteroatoms. The number of rotatable bonds is 1. The molecule has 0 aliphatic rings. The van der Waals surface area contributed by atoms with Gasteiger partial charge in [-0.05, 0) is 30.0 Å². The lowest BCUT2D eigenvalue weighted by Gasteiger charge is -1.73. The lowest BCUT2D eigenvalue weighted by atomic mass is 10.6. The highest BCUT2D eigenvalue weighted by Gasteiger charge is 1.92. The van der Waals surface area contributed by atoms with E-state index in [1.165, 1.54) is 23.1 Å². The van der Waals surface area contributed by atoms with E-state index in [-0.39, 0.29) is 0 Å². The van der Waals surface area contributed by atoms with Gasteiger partial charge in [-0.1, -0.05) is 15.1 Å². The maximum absolute atomic E-state index is 3.99. The van der Waals surface area contributed by atoms with Crippen molar-refractivity contribution in [1.82, 2.24) is 19.2 Å². The molecule has 0 saturated heterocycles. The normalized spacial score (nSPS) is 8.19. The van der Waals surface area contributed by atoms with E-state index in [0.29, 0.717) is 0 Å². The SMILES string of the molecule is C=CCS.Cc1snnc1S.c1csnn1. The summed E-state index contributed by atoms with van der Waals surface area (Å²) in [7, 11) is 0. The Hall–Kier alpha value is -0.440. The summed E-state index contributed by atoms with van der Waals surface area (Å²) in [5.41, 5.74) is 0. The molecule has 0 aliphatic carbocycles. The smallest absolute Gasteiger partial charge is 0.131 e. The molecule has 88 valence electrons. The Morgan fingerprint density at radius 3 is 2.31 bits per heavy atom. The molecule has 0 spiro atoms. The van der Waals surface area contributed by atoms with Crippen LogP contribution < -0.4 is 0 Å². The molecule has 0 N–H and O–H groups in total. The maximum atomic E-state index is 3.99. The third-order valence-electron chi connectivity index (χ3n) is 1.04. The van der Waals surface area contributed by atoms with Crippen molar-refractivity contribution in [2.75, 3.05) is 5.75 Å². The van der Waals surface area contributed by atoms with E-state index in [9.17, 15) is 0 Å². The molecule has 0 unspecified atom stereocenters. The summed E-state index contributed by atoms with van der Waals surface area (Å²) >= 11 is 10.5. The molecular formula is C8H12N4S4. The number of aryl methyl sites for hydroxylation is 1. The molecule has 2 heterocycles. The highest BCUT2D eigenvalue weighted by Crippen LogP contribution is 2.10. The zero-order valence-electron chi connectivity index (χ0n) is 8.65. The second-order valence-corrected chi connectivity index (χ2v) is 4.60. The van der Waals surface area contributed by atoms with Crippen LogP contribution in [-0.4, -0.2) is 24.9 Å². The van der Waals surface area contributed by atoms with Gasteiger partial charge in [-0.25, -0.2) is 0 Å². The van der Waals surface area contributed by atoms with Gasteiger partial charge >= 0.3 is 0 Å². The molecular weight excluding hydrogens is 280 g/mol. The standard InChI is InChI=1S/C3H4N2S2.C3H6S.C2H2N2S/c1-2-3(6)4-5-7-2;1-2-3-4;1-2-5-4-3-1/h6H,1H3;2,4H,1,3H2;1-2H. The first kappa shape index (κ1) is 15.6. The highest BCUT2D eigenvalue weighted by atomic mass is 32.1. The molecule has 4 nitrogen and oxygen atoms in total. The van der Waals surface area contributed by atoms with Crippen molar-refractivity contribution in [1.29, 1.82) is 0 Å². The van der Waals surface area contributed by atoms with Crippen molar-refractivity contribution >= 4 is 48.3 Å². The number of hydrogen-bond acceptors (Lipinski definition) is 8. The number of aromatic nitrogens is 4. The van der Waals surface area contributed by atoms with Crippen LogP contribution in [0.3, 0.4) is 0 Å². The monoisotopic (exact) mass is 292 g/mol. The molecule has 0 bridgehead atoms. The molecule has 2 rings (SSSR count). The van der Waals surface area contributed by atoms with Gasteiger partial charge in [-0.3, -0.25) is 0 Å². The van der Waals surface area contributed by atoms with E-state index in [1.54, 1.807) is 12.3 Å². The third kappa shape index (κ3) is 8.84. The van der Waals surface area contributed by atoms with Crippen molar-refractivity contribution in [3.8, 4) is 0 Å². The molecule has 0 fully saturated rings. The van der Waals surface area contributed by atoms with Crippen LogP contribution in [0.15, 0.2) is 29.3 Å². The predicted molar refractivity (Wildman–Crippen MR) is 75.9 cm³/mol. The molecule has 0 atom stereocenters. The number of nitrogens with zero attached hydrogens (tertiary/aromatic N) is 4. The van der Waals surface area contributed by atoms with Gasteiger partial charge in [0.05, 0.1) is 11.1 Å². The van der Waals surface area contributed by atoms with Gasteiger partial charge in [0.15, 0.2) is 0 Å². The molecule has 0 saturated carbocycles. The quantitative estimate of drug-likeness (QED) is 0.627. The first-order valence-corrected chi connectivity index (χ1v) is 6.82. The fourth-order valence-electron chi connectivity index (χ4n) is 0.368. The van der Waals surface area contributed by atoms with Crippen molar-refractivity contribution in [2.24, 2.45) is 0 Å². The Labute approximate surface area is 114 Å². The fourth-order valence-corrected chi connectivity index (χ4v) is 1.23. The van der Waals surface area contributed by atoms with Crippen molar-refractivity contribution < 1.29 is 0 Å². The minimum atomic E-state index is 0.741. The van der Waals surface area contributed by atoms with Crippen LogP contribution in [0, 0.1) is 6.92 Å². The van der Waals surface area contributed by atoms with Crippen LogP contribution in [0.5, 0.6) is 0 Å².